The van der Waals surface area contributed by atoms with E-state index in [9.17, 15) is 4.79 Å². The highest BCUT2D eigenvalue weighted by atomic mass is 35.5. The molecule has 5 heteroatoms. The largest absolute Gasteiger partial charge is 0.490 e. The van der Waals surface area contributed by atoms with Crippen LogP contribution in [0, 0.1) is 0 Å². The van der Waals surface area contributed by atoms with Gasteiger partial charge in [-0.15, -0.1) is 11.6 Å². The lowest BCUT2D eigenvalue weighted by Gasteiger charge is -2.09. The van der Waals surface area contributed by atoms with Crippen molar-refractivity contribution < 1.29 is 14.3 Å². The third-order valence-corrected chi connectivity index (χ3v) is 3.31. The Bertz CT molecular complexity index is 587. The Hall–Kier alpha value is -2.20. The first kappa shape index (κ1) is 17.2. The van der Waals surface area contributed by atoms with Gasteiger partial charge in [0.2, 0.25) is 5.91 Å². The van der Waals surface area contributed by atoms with Gasteiger partial charge in [0, 0.05) is 18.0 Å². The van der Waals surface area contributed by atoms with Crippen molar-refractivity contribution in [1.29, 1.82) is 0 Å². The quantitative estimate of drug-likeness (QED) is 0.555. The van der Waals surface area contributed by atoms with Crippen molar-refractivity contribution in [2.45, 2.75) is 12.8 Å². The van der Waals surface area contributed by atoms with E-state index >= 15 is 0 Å². The van der Waals surface area contributed by atoms with E-state index in [0.29, 0.717) is 31.9 Å². The van der Waals surface area contributed by atoms with Gasteiger partial charge in [0.1, 0.15) is 24.7 Å². The molecule has 0 atom stereocenters. The number of nitrogens with one attached hydrogen (secondary N) is 1. The van der Waals surface area contributed by atoms with Gasteiger partial charge in [-0.1, -0.05) is 18.2 Å². The van der Waals surface area contributed by atoms with Gasteiger partial charge >= 0.3 is 0 Å². The fourth-order valence-corrected chi connectivity index (χ4v) is 2.05. The molecule has 0 spiro atoms. The molecule has 4 nitrogen and oxygen atoms in total. The Balaban J connectivity index is 1.69. The molecule has 2 aromatic carbocycles. The summed E-state index contributed by atoms with van der Waals surface area (Å²) >= 11 is 5.56. The summed E-state index contributed by atoms with van der Waals surface area (Å²) < 4.78 is 11.1. The highest BCUT2D eigenvalue weighted by molar-refractivity contribution is 6.18. The number of para-hydroxylation sites is 1. The summed E-state index contributed by atoms with van der Waals surface area (Å²) in [6.45, 7) is 0.928. The fraction of sp³-hybridized carbons (Fsp3) is 0.278. The number of alkyl halides is 1. The second kappa shape index (κ2) is 9.74. The van der Waals surface area contributed by atoms with Crippen molar-refractivity contribution in [3.8, 4) is 11.5 Å². The highest BCUT2D eigenvalue weighted by Crippen LogP contribution is 2.16. The summed E-state index contributed by atoms with van der Waals surface area (Å²) in [5.41, 5.74) is 0.748. The molecular weight excluding hydrogens is 314 g/mol. The van der Waals surface area contributed by atoms with Gasteiger partial charge in [-0.2, -0.15) is 0 Å². The van der Waals surface area contributed by atoms with E-state index < -0.39 is 0 Å². The molecule has 122 valence electrons. The molecule has 0 heterocycles. The van der Waals surface area contributed by atoms with E-state index in [1.54, 1.807) is 0 Å². The number of hydrogen-bond donors (Lipinski definition) is 1. The van der Waals surface area contributed by atoms with Crippen LogP contribution in [0.2, 0.25) is 0 Å². The molecule has 0 bridgehead atoms. The van der Waals surface area contributed by atoms with Crippen LogP contribution in [0.15, 0.2) is 54.6 Å². The number of benzene rings is 2. The van der Waals surface area contributed by atoms with E-state index in [2.05, 4.69) is 5.32 Å². The molecule has 1 N–H and O–H groups in total. The van der Waals surface area contributed by atoms with Crippen LogP contribution in [0.1, 0.15) is 12.8 Å². The van der Waals surface area contributed by atoms with Crippen LogP contribution in [0.25, 0.3) is 0 Å². The van der Waals surface area contributed by atoms with Gasteiger partial charge in [0.25, 0.3) is 0 Å². The van der Waals surface area contributed by atoms with Gasteiger partial charge in [-0.05, 0) is 42.8 Å². The number of anilines is 1. The molecule has 0 aliphatic carbocycles. The Labute approximate surface area is 141 Å². The first-order valence-corrected chi connectivity index (χ1v) is 8.08. The fourth-order valence-electron chi connectivity index (χ4n) is 1.92. The number of halogens is 1. The van der Waals surface area contributed by atoms with Crippen molar-refractivity contribution >= 4 is 23.2 Å². The van der Waals surface area contributed by atoms with Gasteiger partial charge < -0.3 is 14.8 Å². The van der Waals surface area contributed by atoms with Crippen LogP contribution in [0.3, 0.4) is 0 Å². The van der Waals surface area contributed by atoms with Crippen molar-refractivity contribution in [1.82, 2.24) is 0 Å². The molecule has 0 aromatic heterocycles. The summed E-state index contributed by atoms with van der Waals surface area (Å²) in [6.07, 6.45) is 1.11. The van der Waals surface area contributed by atoms with Gasteiger partial charge in [0.05, 0.1) is 0 Å². The Morgan fingerprint density at radius 3 is 2.13 bits per heavy atom. The lowest BCUT2D eigenvalue weighted by atomic mass is 10.2. The molecule has 0 fully saturated rings. The molecule has 0 saturated heterocycles. The maximum atomic E-state index is 11.6. The predicted octanol–water partition coefficient (Wildman–Crippen LogP) is 4.10. The topological polar surface area (TPSA) is 47.6 Å². The lowest BCUT2D eigenvalue weighted by molar-refractivity contribution is -0.116. The number of amides is 1. The van der Waals surface area contributed by atoms with Gasteiger partial charge in [-0.3, -0.25) is 4.79 Å². The van der Waals surface area contributed by atoms with E-state index in [0.717, 1.165) is 17.2 Å². The minimum Gasteiger partial charge on any atom is -0.490 e. The monoisotopic (exact) mass is 333 g/mol. The number of carbonyl (C=O) groups excluding carboxylic acids is 1. The first-order chi connectivity index (χ1) is 11.3. The van der Waals surface area contributed by atoms with Gasteiger partial charge in [0.15, 0.2) is 0 Å². The molecule has 0 aliphatic rings. The summed E-state index contributed by atoms with van der Waals surface area (Å²) in [5, 5.41) is 2.81. The number of rotatable bonds is 9. The Kier molecular flexibility index (Phi) is 7.27. The van der Waals surface area contributed by atoms with E-state index in [1.807, 2.05) is 54.6 Å². The second-order valence-corrected chi connectivity index (χ2v) is 5.25. The third kappa shape index (κ3) is 6.61. The summed E-state index contributed by atoms with van der Waals surface area (Å²) in [5.74, 6) is 2.02. The van der Waals surface area contributed by atoms with Gasteiger partial charge in [-0.25, -0.2) is 0 Å². The second-order valence-electron chi connectivity index (χ2n) is 4.88. The standard InChI is InChI=1S/C18H20ClNO3/c19-12-4-7-18(21)20-15-8-10-17(11-9-15)23-14-13-22-16-5-2-1-3-6-16/h1-3,5-6,8-11H,4,7,12-14H2,(H,20,21). The Morgan fingerprint density at radius 2 is 1.52 bits per heavy atom. The average molecular weight is 334 g/mol. The van der Waals surface area contributed by atoms with Crippen LogP contribution in [-0.2, 0) is 4.79 Å². The van der Waals surface area contributed by atoms with Crippen LogP contribution < -0.4 is 14.8 Å². The lowest BCUT2D eigenvalue weighted by Crippen LogP contribution is -2.11. The van der Waals surface area contributed by atoms with Crippen LogP contribution >= 0.6 is 11.6 Å². The minimum atomic E-state index is -0.0319. The summed E-state index contributed by atoms with van der Waals surface area (Å²) in [6, 6.07) is 16.9. The first-order valence-electron chi connectivity index (χ1n) is 7.54. The van der Waals surface area contributed by atoms with Crippen LogP contribution in [0.4, 0.5) is 5.69 Å². The SMILES string of the molecule is O=C(CCCCl)Nc1ccc(OCCOc2ccccc2)cc1. The van der Waals surface area contributed by atoms with Crippen molar-refractivity contribution in [3.63, 3.8) is 0 Å². The predicted molar refractivity (Wildman–Crippen MR) is 92.5 cm³/mol. The maximum absolute atomic E-state index is 11.6. The molecule has 23 heavy (non-hydrogen) atoms. The minimum absolute atomic E-state index is 0.0319. The Morgan fingerprint density at radius 1 is 0.913 bits per heavy atom. The average Bonchev–Trinajstić information content (AvgIpc) is 2.59. The molecule has 2 aromatic rings. The molecule has 2 rings (SSSR count). The molecule has 1 amide bonds. The summed E-state index contributed by atoms with van der Waals surface area (Å²) in [7, 11) is 0. The van der Waals surface area contributed by atoms with E-state index in [4.69, 9.17) is 21.1 Å². The van der Waals surface area contributed by atoms with Crippen LogP contribution in [0.5, 0.6) is 11.5 Å². The molecule has 0 unspecified atom stereocenters. The normalized spacial score (nSPS) is 10.1. The third-order valence-electron chi connectivity index (χ3n) is 3.04. The summed E-state index contributed by atoms with van der Waals surface area (Å²) in [4.78, 5) is 11.6. The van der Waals surface area contributed by atoms with Crippen molar-refractivity contribution in [2.24, 2.45) is 0 Å². The maximum Gasteiger partial charge on any atom is 0.224 e. The highest BCUT2D eigenvalue weighted by Gasteiger charge is 2.02. The van der Waals surface area contributed by atoms with E-state index in [1.165, 1.54) is 0 Å². The molecular formula is C18H20ClNO3. The zero-order chi connectivity index (χ0) is 16.3. The smallest absolute Gasteiger partial charge is 0.224 e. The molecule has 0 aliphatic heterocycles. The van der Waals surface area contributed by atoms with Crippen molar-refractivity contribution in [2.75, 3.05) is 24.4 Å². The number of carbonyl (C=O) groups is 1. The molecule has 0 radical (unpaired) electrons. The number of hydrogen-bond acceptors (Lipinski definition) is 3. The zero-order valence-corrected chi connectivity index (χ0v) is 13.6. The van der Waals surface area contributed by atoms with Crippen LogP contribution in [-0.4, -0.2) is 25.0 Å². The van der Waals surface area contributed by atoms with Crippen molar-refractivity contribution in [3.05, 3.63) is 54.6 Å². The molecule has 0 saturated carbocycles. The zero-order valence-electron chi connectivity index (χ0n) is 12.8. The number of ether oxygens (including phenoxy) is 2. The van der Waals surface area contributed by atoms with E-state index in [-0.39, 0.29) is 5.91 Å².